The first-order valence-corrected chi connectivity index (χ1v) is 14.0. The van der Waals surface area contributed by atoms with Crippen molar-refractivity contribution in [3.05, 3.63) is 97.1 Å². The van der Waals surface area contributed by atoms with E-state index >= 15 is 0 Å². The summed E-state index contributed by atoms with van der Waals surface area (Å²) < 4.78 is 36.1. The third-order valence-electron chi connectivity index (χ3n) is 6.43. The minimum Gasteiger partial charge on any atom is -0.494 e. The van der Waals surface area contributed by atoms with E-state index in [0.717, 1.165) is 32.7 Å². The Hall–Kier alpha value is -4.30. The van der Waals surface area contributed by atoms with Gasteiger partial charge in [-0.15, -0.1) is 0 Å². The highest BCUT2D eigenvalue weighted by Gasteiger charge is 2.27. The topological polar surface area (TPSA) is 80.6 Å². The second-order valence-corrected chi connectivity index (χ2v) is 10.7. The number of ether oxygens (including phenoxy) is 1. The van der Waals surface area contributed by atoms with Gasteiger partial charge in [-0.25, -0.2) is 8.42 Å². The van der Waals surface area contributed by atoms with E-state index in [1.165, 1.54) is 12.1 Å². The van der Waals surface area contributed by atoms with Crippen LogP contribution in [-0.2, 0) is 21.4 Å². The Morgan fingerprint density at radius 1 is 0.842 bits per heavy atom. The van der Waals surface area contributed by atoms with E-state index in [2.05, 4.69) is 28.9 Å². The molecular formula is C30H29N3O4S. The standard InChI is InChI=1S/C30H29N3O4S/c1-3-32-28-13-9-8-12-26(28)27-20-22(14-19-29(27)32)31-30(34)21-33(23-15-17-24(18-16-23)37-4-2)38(35,36)25-10-6-5-7-11-25/h5-20H,3-4,21H2,1-2H3,(H,31,34). The van der Waals surface area contributed by atoms with Gasteiger partial charge >= 0.3 is 0 Å². The van der Waals surface area contributed by atoms with Crippen LogP contribution in [0.2, 0.25) is 0 Å². The van der Waals surface area contributed by atoms with Crippen LogP contribution in [-0.4, -0.2) is 32.0 Å². The van der Waals surface area contributed by atoms with Crippen molar-refractivity contribution in [1.82, 2.24) is 4.57 Å². The summed E-state index contributed by atoms with van der Waals surface area (Å²) in [5.74, 6) is 0.175. The molecule has 1 amide bonds. The van der Waals surface area contributed by atoms with Gasteiger partial charge in [-0.2, -0.15) is 0 Å². The highest BCUT2D eigenvalue weighted by molar-refractivity contribution is 7.92. The van der Waals surface area contributed by atoms with Crippen LogP contribution in [0.3, 0.4) is 0 Å². The lowest BCUT2D eigenvalue weighted by atomic mass is 10.1. The predicted molar refractivity (Wildman–Crippen MR) is 152 cm³/mol. The fourth-order valence-electron chi connectivity index (χ4n) is 4.71. The normalized spacial score (nSPS) is 11.5. The van der Waals surface area contributed by atoms with E-state index in [1.54, 1.807) is 42.5 Å². The third-order valence-corrected chi connectivity index (χ3v) is 8.21. The third kappa shape index (κ3) is 4.82. The number of nitrogens with zero attached hydrogens (tertiary/aromatic N) is 2. The van der Waals surface area contributed by atoms with Crippen molar-refractivity contribution in [3.63, 3.8) is 0 Å². The van der Waals surface area contributed by atoms with Crippen molar-refractivity contribution in [2.75, 3.05) is 22.8 Å². The van der Waals surface area contributed by atoms with Crippen LogP contribution in [0.25, 0.3) is 21.8 Å². The number of hydrogen-bond acceptors (Lipinski definition) is 4. The molecule has 5 rings (SSSR count). The number of amides is 1. The van der Waals surface area contributed by atoms with Gasteiger partial charge in [-0.3, -0.25) is 9.10 Å². The lowest BCUT2D eigenvalue weighted by molar-refractivity contribution is -0.114. The molecule has 0 fully saturated rings. The van der Waals surface area contributed by atoms with Crippen molar-refractivity contribution in [3.8, 4) is 5.75 Å². The van der Waals surface area contributed by atoms with Gasteiger partial charge in [-0.05, 0) is 74.5 Å². The highest BCUT2D eigenvalue weighted by atomic mass is 32.2. The molecule has 8 heteroatoms. The van der Waals surface area contributed by atoms with Crippen molar-refractivity contribution in [2.45, 2.75) is 25.3 Å². The minimum atomic E-state index is -4.00. The molecular weight excluding hydrogens is 498 g/mol. The van der Waals surface area contributed by atoms with Gasteiger partial charge in [0, 0.05) is 34.0 Å². The molecule has 38 heavy (non-hydrogen) atoms. The smallest absolute Gasteiger partial charge is 0.264 e. The van der Waals surface area contributed by atoms with Gasteiger partial charge in [0.05, 0.1) is 17.2 Å². The molecule has 0 atom stereocenters. The monoisotopic (exact) mass is 527 g/mol. The summed E-state index contributed by atoms with van der Waals surface area (Å²) in [7, 11) is -4.00. The predicted octanol–water partition coefficient (Wildman–Crippen LogP) is 6.05. The van der Waals surface area contributed by atoms with Gasteiger partial charge in [0.25, 0.3) is 10.0 Å². The fraction of sp³-hybridized carbons (Fsp3) is 0.167. The average Bonchev–Trinajstić information content (AvgIpc) is 3.26. The maximum Gasteiger partial charge on any atom is 0.264 e. The first-order chi connectivity index (χ1) is 18.4. The molecule has 7 nitrogen and oxygen atoms in total. The van der Waals surface area contributed by atoms with Gasteiger partial charge in [0.2, 0.25) is 5.91 Å². The molecule has 0 aliphatic rings. The zero-order valence-electron chi connectivity index (χ0n) is 21.3. The van der Waals surface area contributed by atoms with Gasteiger partial charge < -0.3 is 14.6 Å². The molecule has 0 radical (unpaired) electrons. The molecule has 1 N–H and O–H groups in total. The first-order valence-electron chi connectivity index (χ1n) is 12.5. The molecule has 0 aliphatic carbocycles. The number of sulfonamides is 1. The summed E-state index contributed by atoms with van der Waals surface area (Å²) in [4.78, 5) is 13.4. The number of aromatic nitrogens is 1. The Morgan fingerprint density at radius 3 is 2.24 bits per heavy atom. The van der Waals surface area contributed by atoms with E-state index in [4.69, 9.17) is 4.74 Å². The summed E-state index contributed by atoms with van der Waals surface area (Å²) in [6, 6.07) is 28.7. The zero-order chi connectivity index (χ0) is 26.7. The minimum absolute atomic E-state index is 0.107. The van der Waals surface area contributed by atoms with E-state index in [0.29, 0.717) is 23.7 Å². The van der Waals surface area contributed by atoms with Crippen LogP contribution >= 0.6 is 0 Å². The lowest BCUT2D eigenvalue weighted by Gasteiger charge is -2.24. The van der Waals surface area contributed by atoms with Crippen LogP contribution in [0.5, 0.6) is 5.75 Å². The molecule has 1 aromatic heterocycles. The van der Waals surface area contributed by atoms with Crippen LogP contribution in [0, 0.1) is 0 Å². The lowest BCUT2D eigenvalue weighted by Crippen LogP contribution is -2.38. The van der Waals surface area contributed by atoms with Crippen molar-refractivity contribution < 1.29 is 17.9 Å². The van der Waals surface area contributed by atoms with Crippen molar-refractivity contribution >= 4 is 49.1 Å². The Kier molecular flexibility index (Phi) is 7.07. The number of aryl methyl sites for hydroxylation is 1. The van der Waals surface area contributed by atoms with Crippen LogP contribution in [0.15, 0.2) is 102 Å². The summed E-state index contributed by atoms with van der Waals surface area (Å²) in [6.45, 7) is 4.91. The van der Waals surface area contributed by atoms with Crippen LogP contribution in [0.1, 0.15) is 13.8 Å². The van der Waals surface area contributed by atoms with Gasteiger partial charge in [0.1, 0.15) is 12.3 Å². The van der Waals surface area contributed by atoms with Crippen molar-refractivity contribution in [1.29, 1.82) is 0 Å². The molecule has 0 bridgehead atoms. The molecule has 0 saturated carbocycles. The Morgan fingerprint density at radius 2 is 1.53 bits per heavy atom. The largest absolute Gasteiger partial charge is 0.494 e. The second kappa shape index (κ2) is 10.6. The number of nitrogens with one attached hydrogen (secondary N) is 1. The second-order valence-electron chi connectivity index (χ2n) is 8.79. The number of carbonyl (C=O) groups is 1. The van der Waals surface area contributed by atoms with Crippen LogP contribution in [0.4, 0.5) is 11.4 Å². The molecule has 0 unspecified atom stereocenters. The maximum absolute atomic E-state index is 13.6. The zero-order valence-corrected chi connectivity index (χ0v) is 22.1. The fourth-order valence-corrected chi connectivity index (χ4v) is 6.16. The summed E-state index contributed by atoms with van der Waals surface area (Å²) in [6.07, 6.45) is 0. The SMILES string of the molecule is CCOc1ccc(N(CC(=O)Nc2ccc3c(c2)c2ccccc2n3CC)S(=O)(=O)c2ccccc2)cc1. The van der Waals surface area contributed by atoms with Crippen LogP contribution < -0.4 is 14.4 Å². The maximum atomic E-state index is 13.6. The van der Waals surface area contributed by atoms with E-state index < -0.39 is 15.9 Å². The molecule has 4 aromatic carbocycles. The number of hydrogen-bond donors (Lipinski definition) is 1. The molecule has 0 aliphatic heterocycles. The summed E-state index contributed by atoms with van der Waals surface area (Å²) in [5.41, 5.74) is 3.18. The van der Waals surface area contributed by atoms with E-state index in [9.17, 15) is 13.2 Å². The highest BCUT2D eigenvalue weighted by Crippen LogP contribution is 2.31. The Bertz CT molecular complexity index is 1690. The number of rotatable bonds is 9. The van der Waals surface area contributed by atoms with Crippen molar-refractivity contribution in [2.24, 2.45) is 0 Å². The number of anilines is 2. The number of para-hydroxylation sites is 1. The summed E-state index contributed by atoms with van der Waals surface area (Å²) >= 11 is 0. The molecule has 1 heterocycles. The van der Waals surface area contributed by atoms with E-state index in [-0.39, 0.29) is 11.4 Å². The molecule has 0 spiro atoms. The number of benzene rings is 4. The number of fused-ring (bicyclic) bond motifs is 3. The molecule has 0 saturated heterocycles. The first kappa shape index (κ1) is 25.4. The van der Waals surface area contributed by atoms with Gasteiger partial charge in [-0.1, -0.05) is 36.4 Å². The molecule has 5 aromatic rings. The average molecular weight is 528 g/mol. The van der Waals surface area contributed by atoms with Gasteiger partial charge in [0.15, 0.2) is 0 Å². The molecule has 194 valence electrons. The summed E-state index contributed by atoms with van der Waals surface area (Å²) in [5, 5.41) is 5.03. The van der Waals surface area contributed by atoms with E-state index in [1.807, 2.05) is 37.3 Å². The number of carbonyl (C=O) groups excluding carboxylic acids is 1. The Balaban J connectivity index is 1.46. The quantitative estimate of drug-likeness (QED) is 0.253. The Labute approximate surface area is 222 Å².